The Bertz CT molecular complexity index is 887. The topological polar surface area (TPSA) is 51.4 Å². The van der Waals surface area contributed by atoms with E-state index in [9.17, 15) is 4.79 Å². The van der Waals surface area contributed by atoms with Crippen molar-refractivity contribution in [1.29, 1.82) is 0 Å². The molecule has 2 aliphatic rings. The van der Waals surface area contributed by atoms with Gasteiger partial charge in [0.15, 0.2) is 0 Å². The van der Waals surface area contributed by atoms with Crippen molar-refractivity contribution in [3.05, 3.63) is 52.8 Å². The summed E-state index contributed by atoms with van der Waals surface area (Å²) < 4.78 is 0. The molecule has 2 N–H and O–H groups in total. The number of H-pyrrole nitrogens is 1. The summed E-state index contributed by atoms with van der Waals surface area (Å²) in [7, 11) is 0. The minimum Gasteiger partial charge on any atom is -0.359 e. The number of nitrogens with one attached hydrogen (secondary N) is 2. The molecular weight excluding hydrogens is 336 g/mol. The number of carbonyl (C=O) groups is 1. The monoisotopic (exact) mass is 364 g/mol. The van der Waals surface area contributed by atoms with Crippen LogP contribution >= 0.6 is 0 Å². The molecular formula is C22H28N4O. The summed E-state index contributed by atoms with van der Waals surface area (Å²) in [6, 6.07) is 11.1. The number of carbonyl (C=O) groups excluding carboxylic acids is 1. The maximum atomic E-state index is 13.3. The van der Waals surface area contributed by atoms with Crippen LogP contribution in [-0.2, 0) is 4.79 Å². The molecule has 2 aromatic rings. The third-order valence-electron chi connectivity index (χ3n) is 5.41. The number of para-hydroxylation sites is 1. The molecule has 1 fully saturated rings. The normalized spacial score (nSPS) is 24.7. The highest BCUT2D eigenvalue weighted by Crippen LogP contribution is 2.38. The number of benzene rings is 1. The zero-order valence-electron chi connectivity index (χ0n) is 16.5. The fraction of sp³-hybridized carbons (Fsp3) is 0.409. The summed E-state index contributed by atoms with van der Waals surface area (Å²) in [6.07, 6.45) is 2.01. The fourth-order valence-electron chi connectivity index (χ4n) is 4.39. The van der Waals surface area contributed by atoms with Gasteiger partial charge < -0.3 is 10.3 Å². The van der Waals surface area contributed by atoms with Crippen molar-refractivity contribution < 1.29 is 4.79 Å². The number of fused-ring (bicyclic) bond motifs is 1. The Labute approximate surface area is 161 Å². The maximum Gasteiger partial charge on any atom is 0.260 e. The number of aromatic nitrogens is 1. The van der Waals surface area contributed by atoms with Gasteiger partial charge in [0.2, 0.25) is 0 Å². The molecule has 0 saturated carbocycles. The lowest BCUT2D eigenvalue weighted by molar-refractivity contribution is -0.113. The summed E-state index contributed by atoms with van der Waals surface area (Å²) in [5.41, 5.74) is 6.08. The number of hydrogen-bond donors (Lipinski definition) is 2. The zero-order chi connectivity index (χ0) is 19.1. The van der Waals surface area contributed by atoms with Gasteiger partial charge in [0, 0.05) is 42.1 Å². The number of aromatic amines is 1. The highest BCUT2D eigenvalue weighted by molar-refractivity contribution is 6.35. The molecule has 1 saturated heterocycles. The Hall–Kier alpha value is -2.37. The second kappa shape index (κ2) is 6.98. The minimum absolute atomic E-state index is 0.0849. The van der Waals surface area contributed by atoms with E-state index in [0.29, 0.717) is 18.8 Å². The van der Waals surface area contributed by atoms with Crippen LogP contribution in [0.5, 0.6) is 0 Å². The van der Waals surface area contributed by atoms with Crippen LogP contribution < -0.4 is 10.2 Å². The second-order valence-corrected chi connectivity index (χ2v) is 8.00. The van der Waals surface area contributed by atoms with E-state index < -0.39 is 0 Å². The molecule has 0 bridgehead atoms. The number of amides is 1. The van der Waals surface area contributed by atoms with Crippen molar-refractivity contribution in [2.45, 2.75) is 39.8 Å². The SMILES string of the molecule is Cc1cc(C)c(/C=C2\C(=O)N(CN3CC(C)NC(C)C3)c3ccccc32)[nH]1. The van der Waals surface area contributed by atoms with E-state index in [1.54, 1.807) is 0 Å². The third kappa shape index (κ3) is 3.45. The molecule has 1 amide bonds. The molecule has 27 heavy (non-hydrogen) atoms. The molecule has 142 valence electrons. The van der Waals surface area contributed by atoms with Crippen molar-refractivity contribution in [1.82, 2.24) is 15.2 Å². The summed E-state index contributed by atoms with van der Waals surface area (Å²) in [6.45, 7) is 11.0. The van der Waals surface area contributed by atoms with Crippen LogP contribution in [0.3, 0.4) is 0 Å². The van der Waals surface area contributed by atoms with Crippen LogP contribution in [0, 0.1) is 13.8 Å². The smallest absolute Gasteiger partial charge is 0.260 e. The first-order chi connectivity index (χ1) is 12.9. The van der Waals surface area contributed by atoms with Gasteiger partial charge in [-0.1, -0.05) is 18.2 Å². The minimum atomic E-state index is 0.0849. The van der Waals surface area contributed by atoms with Crippen LogP contribution in [0.25, 0.3) is 11.6 Å². The average Bonchev–Trinajstić information content (AvgIpc) is 3.05. The number of hydrogen-bond acceptors (Lipinski definition) is 3. The Morgan fingerprint density at radius 3 is 2.52 bits per heavy atom. The zero-order valence-corrected chi connectivity index (χ0v) is 16.5. The van der Waals surface area contributed by atoms with E-state index in [1.807, 2.05) is 36.1 Å². The summed E-state index contributed by atoms with van der Waals surface area (Å²) in [5, 5.41) is 3.55. The number of anilines is 1. The van der Waals surface area contributed by atoms with Crippen LogP contribution in [0.4, 0.5) is 5.69 Å². The van der Waals surface area contributed by atoms with Gasteiger partial charge in [-0.2, -0.15) is 0 Å². The molecule has 4 rings (SSSR count). The predicted molar refractivity (Wildman–Crippen MR) is 111 cm³/mol. The lowest BCUT2D eigenvalue weighted by Crippen LogP contribution is -2.56. The molecule has 0 spiro atoms. The van der Waals surface area contributed by atoms with Gasteiger partial charge in [-0.25, -0.2) is 0 Å². The van der Waals surface area contributed by atoms with Gasteiger partial charge in [-0.15, -0.1) is 0 Å². The predicted octanol–water partition coefficient (Wildman–Crippen LogP) is 3.16. The largest absolute Gasteiger partial charge is 0.359 e. The highest BCUT2D eigenvalue weighted by atomic mass is 16.2. The Morgan fingerprint density at radius 2 is 1.85 bits per heavy atom. The van der Waals surface area contributed by atoms with E-state index in [1.165, 1.54) is 0 Å². The molecule has 0 radical (unpaired) electrons. The first kappa shape index (κ1) is 18.0. The number of piperazine rings is 1. The second-order valence-electron chi connectivity index (χ2n) is 8.00. The van der Waals surface area contributed by atoms with E-state index in [4.69, 9.17) is 0 Å². The van der Waals surface area contributed by atoms with Crippen molar-refractivity contribution >= 4 is 23.2 Å². The molecule has 1 aromatic heterocycles. The van der Waals surface area contributed by atoms with Gasteiger partial charge >= 0.3 is 0 Å². The average molecular weight is 364 g/mol. The van der Waals surface area contributed by atoms with Crippen LogP contribution in [0.15, 0.2) is 30.3 Å². The van der Waals surface area contributed by atoms with Crippen LogP contribution in [-0.4, -0.2) is 47.6 Å². The van der Waals surface area contributed by atoms with Crippen molar-refractivity contribution in [3.63, 3.8) is 0 Å². The van der Waals surface area contributed by atoms with Gasteiger partial charge in [0.1, 0.15) is 0 Å². The molecule has 2 unspecified atom stereocenters. The lowest BCUT2D eigenvalue weighted by atomic mass is 10.1. The number of rotatable bonds is 3. The Balaban J connectivity index is 1.67. The van der Waals surface area contributed by atoms with Crippen molar-refractivity contribution in [2.75, 3.05) is 24.7 Å². The van der Waals surface area contributed by atoms with Crippen LogP contribution in [0.1, 0.15) is 36.4 Å². The van der Waals surface area contributed by atoms with E-state index in [-0.39, 0.29) is 5.91 Å². The van der Waals surface area contributed by atoms with Gasteiger partial charge in [-0.3, -0.25) is 14.6 Å². The quantitative estimate of drug-likeness (QED) is 0.823. The maximum absolute atomic E-state index is 13.3. The Morgan fingerprint density at radius 1 is 1.15 bits per heavy atom. The van der Waals surface area contributed by atoms with Crippen molar-refractivity contribution in [2.24, 2.45) is 0 Å². The molecule has 2 atom stereocenters. The molecule has 1 aromatic carbocycles. The highest BCUT2D eigenvalue weighted by Gasteiger charge is 2.34. The van der Waals surface area contributed by atoms with Gasteiger partial charge in [0.05, 0.1) is 17.9 Å². The Kier molecular flexibility index (Phi) is 4.66. The lowest BCUT2D eigenvalue weighted by Gasteiger charge is -2.38. The number of aryl methyl sites for hydroxylation is 2. The molecule has 0 aliphatic carbocycles. The van der Waals surface area contributed by atoms with Crippen molar-refractivity contribution in [3.8, 4) is 0 Å². The van der Waals surface area contributed by atoms with E-state index in [0.717, 1.165) is 46.9 Å². The molecule has 3 heterocycles. The standard InChI is InChI=1S/C22H28N4O/c1-14-9-15(2)24-20(14)10-19-18-7-5-6-8-21(18)26(22(19)27)13-25-11-16(3)23-17(4)12-25/h5-10,16-17,23-24H,11-13H2,1-4H3/b19-10-. The van der Waals surface area contributed by atoms with Gasteiger partial charge in [0.25, 0.3) is 5.91 Å². The first-order valence-corrected chi connectivity index (χ1v) is 9.70. The molecule has 2 aliphatic heterocycles. The summed E-state index contributed by atoms with van der Waals surface area (Å²) in [5.74, 6) is 0.0849. The molecule has 5 heteroatoms. The number of nitrogens with zero attached hydrogens (tertiary/aromatic N) is 2. The van der Waals surface area contributed by atoms with Gasteiger partial charge in [-0.05, 0) is 51.5 Å². The first-order valence-electron chi connectivity index (χ1n) is 9.70. The fourth-order valence-corrected chi connectivity index (χ4v) is 4.39. The van der Waals surface area contributed by atoms with E-state index >= 15 is 0 Å². The van der Waals surface area contributed by atoms with E-state index in [2.05, 4.69) is 48.1 Å². The van der Waals surface area contributed by atoms with Crippen LogP contribution in [0.2, 0.25) is 0 Å². The molecule has 5 nitrogen and oxygen atoms in total. The summed E-state index contributed by atoms with van der Waals surface area (Å²) >= 11 is 0. The summed E-state index contributed by atoms with van der Waals surface area (Å²) in [4.78, 5) is 21.0. The third-order valence-corrected chi connectivity index (χ3v) is 5.41.